The van der Waals surface area contributed by atoms with Gasteiger partial charge in [-0.15, -0.1) is 0 Å². The van der Waals surface area contributed by atoms with Gasteiger partial charge in [0.1, 0.15) is 0 Å². The normalized spacial score (nSPS) is 25.2. The number of hydrogen-bond acceptors (Lipinski definition) is 2. The Bertz CT molecular complexity index is 660. The summed E-state index contributed by atoms with van der Waals surface area (Å²) in [6, 6.07) is 13.5. The van der Waals surface area contributed by atoms with Crippen LogP contribution in [0.15, 0.2) is 46.9 Å². The molecule has 1 saturated heterocycles. The van der Waals surface area contributed by atoms with Crippen LogP contribution in [-0.4, -0.2) is 11.2 Å². The second-order valence-electron chi connectivity index (χ2n) is 5.46. The molecule has 1 aliphatic rings. The van der Waals surface area contributed by atoms with Gasteiger partial charge in [0.05, 0.1) is 28.4 Å². The fourth-order valence-electron chi connectivity index (χ4n) is 2.72. The van der Waals surface area contributed by atoms with E-state index in [4.69, 9.17) is 27.9 Å². The zero-order valence-corrected chi connectivity index (χ0v) is 14.8. The summed E-state index contributed by atoms with van der Waals surface area (Å²) in [4.78, 5) is 0. The maximum Gasteiger partial charge on any atom is 0.0858 e. The number of rotatable bonds is 2. The van der Waals surface area contributed by atoms with E-state index in [0.29, 0.717) is 22.9 Å². The molecule has 3 unspecified atom stereocenters. The van der Waals surface area contributed by atoms with E-state index in [1.165, 1.54) is 0 Å². The van der Waals surface area contributed by atoms with Crippen LogP contribution in [0.1, 0.15) is 36.2 Å². The molecule has 2 aromatic rings. The van der Waals surface area contributed by atoms with Gasteiger partial charge in [0.15, 0.2) is 0 Å². The topological polar surface area (TPSA) is 29.5 Å². The van der Waals surface area contributed by atoms with E-state index in [1.807, 2.05) is 36.4 Å². The maximum atomic E-state index is 10.2. The van der Waals surface area contributed by atoms with Crippen LogP contribution in [0.3, 0.4) is 0 Å². The van der Waals surface area contributed by atoms with E-state index >= 15 is 0 Å². The summed E-state index contributed by atoms with van der Waals surface area (Å²) in [6.45, 7) is 0. The van der Waals surface area contributed by atoms with Crippen molar-refractivity contribution in [2.45, 2.75) is 31.2 Å². The molecule has 116 valence electrons. The third-order valence-electron chi connectivity index (χ3n) is 3.86. The first-order chi connectivity index (χ1) is 10.5. The van der Waals surface area contributed by atoms with Crippen LogP contribution in [0.2, 0.25) is 10.0 Å². The van der Waals surface area contributed by atoms with Gasteiger partial charge in [0, 0.05) is 17.3 Å². The van der Waals surface area contributed by atoms with Crippen molar-refractivity contribution >= 4 is 39.1 Å². The Morgan fingerprint density at radius 3 is 2.14 bits per heavy atom. The number of hydrogen-bond donors (Lipinski definition) is 1. The highest BCUT2D eigenvalue weighted by Gasteiger charge is 2.30. The highest BCUT2D eigenvalue weighted by Crippen LogP contribution is 2.40. The summed E-state index contributed by atoms with van der Waals surface area (Å²) < 4.78 is 7.21. The Morgan fingerprint density at radius 1 is 0.909 bits per heavy atom. The molecule has 0 amide bonds. The Balaban J connectivity index is 1.84. The number of aliphatic hydroxyl groups excluding tert-OH is 1. The Kier molecular flexibility index (Phi) is 5.10. The van der Waals surface area contributed by atoms with Crippen molar-refractivity contribution in [3.63, 3.8) is 0 Å². The molecule has 0 bridgehead atoms. The highest BCUT2D eigenvalue weighted by atomic mass is 79.9. The number of aliphatic hydroxyl groups is 1. The third kappa shape index (κ3) is 3.66. The largest absolute Gasteiger partial charge is 0.393 e. The molecule has 0 aliphatic carbocycles. The van der Waals surface area contributed by atoms with Crippen molar-refractivity contribution in [1.82, 2.24) is 0 Å². The molecular formula is C17H15BrCl2O2. The predicted molar refractivity (Wildman–Crippen MR) is 92.4 cm³/mol. The summed E-state index contributed by atoms with van der Waals surface area (Å²) in [7, 11) is 0. The smallest absolute Gasteiger partial charge is 0.0858 e. The monoisotopic (exact) mass is 400 g/mol. The first-order valence-corrected chi connectivity index (χ1v) is 8.62. The zero-order valence-electron chi connectivity index (χ0n) is 11.7. The molecule has 0 saturated carbocycles. The molecule has 5 heteroatoms. The average molecular weight is 402 g/mol. The van der Waals surface area contributed by atoms with E-state index in [1.54, 1.807) is 6.07 Å². The Labute approximate surface area is 148 Å². The fraction of sp³-hybridized carbons (Fsp3) is 0.294. The molecule has 0 aromatic heterocycles. The van der Waals surface area contributed by atoms with Crippen LogP contribution in [-0.2, 0) is 4.74 Å². The van der Waals surface area contributed by atoms with E-state index < -0.39 is 6.10 Å². The second kappa shape index (κ2) is 6.90. The molecule has 1 N–H and O–H groups in total. The van der Waals surface area contributed by atoms with Crippen LogP contribution in [0.25, 0.3) is 0 Å². The van der Waals surface area contributed by atoms with Gasteiger partial charge < -0.3 is 9.84 Å². The SMILES string of the molecule is OC1CC(c2ccc(Br)cc2)OC(c2ccc(Cl)c(Cl)c2)C1. The van der Waals surface area contributed by atoms with Crippen LogP contribution in [0.4, 0.5) is 0 Å². The third-order valence-corrected chi connectivity index (χ3v) is 5.13. The molecular weight excluding hydrogens is 387 g/mol. The van der Waals surface area contributed by atoms with Gasteiger partial charge in [-0.1, -0.05) is 57.3 Å². The first kappa shape index (κ1) is 16.3. The second-order valence-corrected chi connectivity index (χ2v) is 7.19. The minimum atomic E-state index is -0.401. The van der Waals surface area contributed by atoms with Crippen LogP contribution in [0.5, 0.6) is 0 Å². The lowest BCUT2D eigenvalue weighted by molar-refractivity contribution is -0.0998. The number of halogens is 3. The van der Waals surface area contributed by atoms with Gasteiger partial charge in [-0.05, 0) is 35.4 Å². The van der Waals surface area contributed by atoms with E-state index in [2.05, 4.69) is 15.9 Å². The molecule has 2 nitrogen and oxygen atoms in total. The molecule has 3 rings (SSSR count). The average Bonchev–Trinajstić information content (AvgIpc) is 2.50. The van der Waals surface area contributed by atoms with Crippen LogP contribution >= 0.6 is 39.1 Å². The quantitative estimate of drug-likeness (QED) is 0.698. The summed E-state index contributed by atoms with van der Waals surface area (Å²) in [5.74, 6) is 0. The molecule has 1 fully saturated rings. The first-order valence-electron chi connectivity index (χ1n) is 7.07. The van der Waals surface area contributed by atoms with E-state index in [9.17, 15) is 5.11 Å². The lowest BCUT2D eigenvalue weighted by Crippen LogP contribution is -2.26. The van der Waals surface area contributed by atoms with Gasteiger partial charge in [0.25, 0.3) is 0 Å². The summed E-state index contributed by atoms with van der Waals surface area (Å²) >= 11 is 15.5. The number of ether oxygens (including phenoxy) is 1. The fourth-order valence-corrected chi connectivity index (χ4v) is 3.29. The molecule has 1 heterocycles. The summed E-state index contributed by atoms with van der Waals surface area (Å²) in [6.07, 6.45) is 0.440. The van der Waals surface area contributed by atoms with Crippen molar-refractivity contribution < 1.29 is 9.84 Å². The lowest BCUT2D eigenvalue weighted by atomic mass is 9.93. The van der Waals surface area contributed by atoms with Crippen molar-refractivity contribution in [1.29, 1.82) is 0 Å². The molecule has 0 spiro atoms. The molecule has 1 aliphatic heterocycles. The molecule has 2 aromatic carbocycles. The predicted octanol–water partition coefficient (Wildman–Crippen LogP) is 5.71. The zero-order chi connectivity index (χ0) is 15.7. The standard InChI is InChI=1S/C17H15BrCl2O2/c18-12-4-1-10(2-5-12)16-8-13(21)9-17(22-16)11-3-6-14(19)15(20)7-11/h1-7,13,16-17,21H,8-9H2. The molecule has 0 radical (unpaired) electrons. The van der Waals surface area contributed by atoms with Crippen molar-refractivity contribution in [2.75, 3.05) is 0 Å². The highest BCUT2D eigenvalue weighted by molar-refractivity contribution is 9.10. The summed E-state index contributed by atoms with van der Waals surface area (Å²) in [5, 5.41) is 11.2. The van der Waals surface area contributed by atoms with Gasteiger partial charge >= 0.3 is 0 Å². The Morgan fingerprint density at radius 2 is 1.50 bits per heavy atom. The lowest BCUT2D eigenvalue weighted by Gasteiger charge is -2.34. The van der Waals surface area contributed by atoms with Gasteiger partial charge in [-0.2, -0.15) is 0 Å². The number of benzene rings is 2. The van der Waals surface area contributed by atoms with Crippen molar-refractivity contribution in [3.8, 4) is 0 Å². The Hall–Kier alpha value is -0.580. The van der Waals surface area contributed by atoms with Crippen LogP contribution < -0.4 is 0 Å². The molecule has 3 atom stereocenters. The van der Waals surface area contributed by atoms with Gasteiger partial charge in [0.2, 0.25) is 0 Å². The van der Waals surface area contributed by atoms with E-state index in [0.717, 1.165) is 15.6 Å². The minimum Gasteiger partial charge on any atom is -0.393 e. The maximum absolute atomic E-state index is 10.2. The van der Waals surface area contributed by atoms with Gasteiger partial charge in [-0.3, -0.25) is 0 Å². The van der Waals surface area contributed by atoms with Gasteiger partial charge in [-0.25, -0.2) is 0 Å². The van der Waals surface area contributed by atoms with Crippen LogP contribution in [0, 0.1) is 0 Å². The van der Waals surface area contributed by atoms with E-state index in [-0.39, 0.29) is 12.2 Å². The minimum absolute atomic E-state index is 0.128. The van der Waals surface area contributed by atoms with Crippen molar-refractivity contribution in [3.05, 3.63) is 68.1 Å². The summed E-state index contributed by atoms with van der Waals surface area (Å²) in [5.41, 5.74) is 2.00. The molecule has 22 heavy (non-hydrogen) atoms. The van der Waals surface area contributed by atoms with Crippen molar-refractivity contribution in [2.24, 2.45) is 0 Å².